The number of rotatable bonds is 3. The van der Waals surface area contributed by atoms with Crippen LogP contribution in [0.5, 0.6) is 0 Å². The van der Waals surface area contributed by atoms with Crippen LogP contribution in [0.4, 0.5) is 0 Å². The van der Waals surface area contributed by atoms with E-state index in [4.69, 9.17) is 0 Å². The molecule has 3 aliphatic rings. The lowest BCUT2D eigenvalue weighted by molar-refractivity contribution is -0.136. The van der Waals surface area contributed by atoms with Crippen LogP contribution in [-0.2, 0) is 16.1 Å². The maximum Gasteiger partial charge on any atom is 0.255 e. The molecule has 6 nitrogen and oxygen atoms in total. The highest BCUT2D eigenvalue weighted by Gasteiger charge is 2.40. The summed E-state index contributed by atoms with van der Waals surface area (Å²) in [5, 5.41) is 2.35. The second-order valence-corrected chi connectivity index (χ2v) is 7.90. The third kappa shape index (κ3) is 3.18. The van der Waals surface area contributed by atoms with E-state index in [2.05, 4.69) is 15.7 Å². The fourth-order valence-corrected chi connectivity index (χ4v) is 4.88. The summed E-state index contributed by atoms with van der Waals surface area (Å²) in [7, 11) is 0. The average Bonchev–Trinajstić information content (AvgIpc) is 2.94. The van der Waals surface area contributed by atoms with Crippen LogP contribution in [0.15, 0.2) is 23.1 Å². The monoisotopic (exact) mass is 359 g/mol. The summed E-state index contributed by atoms with van der Waals surface area (Å²) in [4.78, 5) is 39.0. The zero-order valence-electron chi connectivity index (χ0n) is 14.0. The third-order valence-corrected chi connectivity index (χ3v) is 6.28. The molecule has 1 unspecified atom stereocenters. The molecule has 4 rings (SSSR count). The highest BCUT2D eigenvalue weighted by molar-refractivity contribution is 7.97. The van der Waals surface area contributed by atoms with E-state index in [-0.39, 0.29) is 24.1 Å². The Bertz CT molecular complexity index is 730. The van der Waals surface area contributed by atoms with Crippen LogP contribution < -0.4 is 5.32 Å². The minimum absolute atomic E-state index is 0.106. The lowest BCUT2D eigenvalue weighted by atomic mass is 10.0. The maximum atomic E-state index is 12.8. The lowest BCUT2D eigenvalue weighted by Gasteiger charge is -2.29. The molecule has 0 spiro atoms. The van der Waals surface area contributed by atoms with Crippen LogP contribution in [0.25, 0.3) is 0 Å². The van der Waals surface area contributed by atoms with Gasteiger partial charge in [0.25, 0.3) is 5.91 Å². The van der Waals surface area contributed by atoms with Gasteiger partial charge in [0, 0.05) is 36.5 Å². The van der Waals surface area contributed by atoms with Crippen molar-refractivity contribution in [1.82, 2.24) is 14.5 Å². The summed E-state index contributed by atoms with van der Waals surface area (Å²) < 4.78 is 2.36. The first-order valence-electron chi connectivity index (χ1n) is 8.83. The van der Waals surface area contributed by atoms with Crippen LogP contribution in [0.2, 0.25) is 0 Å². The van der Waals surface area contributed by atoms with Gasteiger partial charge < -0.3 is 4.90 Å². The lowest BCUT2D eigenvalue weighted by Crippen LogP contribution is -2.52. The van der Waals surface area contributed by atoms with Gasteiger partial charge in [0.05, 0.1) is 0 Å². The summed E-state index contributed by atoms with van der Waals surface area (Å²) in [5.74, 6) is -0.722. The van der Waals surface area contributed by atoms with Crippen LogP contribution >= 0.6 is 11.9 Å². The zero-order valence-corrected chi connectivity index (χ0v) is 14.8. The van der Waals surface area contributed by atoms with Gasteiger partial charge in [0.2, 0.25) is 11.8 Å². The van der Waals surface area contributed by atoms with Crippen molar-refractivity contribution in [1.29, 1.82) is 0 Å². The highest BCUT2D eigenvalue weighted by Crippen LogP contribution is 2.36. The van der Waals surface area contributed by atoms with E-state index in [1.54, 1.807) is 16.8 Å². The number of nitrogens with one attached hydrogen (secondary N) is 1. The van der Waals surface area contributed by atoms with Crippen molar-refractivity contribution in [3.05, 3.63) is 29.3 Å². The van der Waals surface area contributed by atoms with Crippen molar-refractivity contribution < 1.29 is 14.4 Å². The van der Waals surface area contributed by atoms with Crippen molar-refractivity contribution >= 4 is 29.7 Å². The molecule has 1 N–H and O–H groups in total. The standard InChI is InChI=1S/C18H21N3O3S/c22-16-8-7-14(17(23)19-16)21-11-13-12(18(21)24)5-4-6-15(13)25-20-9-2-1-3-10-20/h4-6,14H,1-3,7-11H2,(H,19,22,23). The molecule has 0 saturated carbocycles. The number of hydrogen-bond donors (Lipinski definition) is 1. The fourth-order valence-electron chi connectivity index (χ4n) is 3.74. The number of benzene rings is 1. The molecule has 0 bridgehead atoms. The Kier molecular flexibility index (Phi) is 4.52. The first-order chi connectivity index (χ1) is 12.1. The molecule has 1 aromatic carbocycles. The molecule has 2 fully saturated rings. The van der Waals surface area contributed by atoms with Crippen LogP contribution in [0, 0.1) is 0 Å². The number of carbonyl (C=O) groups is 3. The Morgan fingerprint density at radius 3 is 2.64 bits per heavy atom. The summed E-state index contributed by atoms with van der Waals surface area (Å²) >= 11 is 1.72. The number of piperidine rings is 2. The van der Waals surface area contributed by atoms with Crippen LogP contribution in [0.1, 0.15) is 48.0 Å². The molecule has 0 aromatic heterocycles. The van der Waals surface area contributed by atoms with Gasteiger partial charge in [-0.25, -0.2) is 4.31 Å². The van der Waals surface area contributed by atoms with E-state index < -0.39 is 6.04 Å². The molecular weight excluding hydrogens is 338 g/mol. The average molecular weight is 359 g/mol. The van der Waals surface area contributed by atoms with Gasteiger partial charge in [-0.2, -0.15) is 0 Å². The van der Waals surface area contributed by atoms with Gasteiger partial charge in [-0.1, -0.05) is 12.5 Å². The summed E-state index contributed by atoms with van der Waals surface area (Å²) in [6.45, 7) is 2.58. The molecule has 25 heavy (non-hydrogen) atoms. The second kappa shape index (κ2) is 6.80. The van der Waals surface area contributed by atoms with Crippen molar-refractivity contribution in [3.8, 4) is 0 Å². The predicted molar refractivity (Wildman–Crippen MR) is 93.8 cm³/mol. The molecule has 0 aliphatic carbocycles. The van der Waals surface area contributed by atoms with Crippen molar-refractivity contribution in [3.63, 3.8) is 0 Å². The SMILES string of the molecule is O=C1CCC(N2Cc3c(SN4CCCCC4)cccc3C2=O)C(=O)N1. The largest absolute Gasteiger partial charge is 0.322 e. The smallest absolute Gasteiger partial charge is 0.255 e. The topological polar surface area (TPSA) is 69.7 Å². The van der Waals surface area contributed by atoms with Crippen LogP contribution in [-0.4, -0.2) is 46.1 Å². The van der Waals surface area contributed by atoms with Gasteiger partial charge in [-0.05, 0) is 48.9 Å². The Hall–Kier alpha value is -1.86. The van der Waals surface area contributed by atoms with E-state index in [9.17, 15) is 14.4 Å². The number of fused-ring (bicyclic) bond motifs is 1. The number of imide groups is 1. The molecule has 132 valence electrons. The second-order valence-electron chi connectivity index (χ2n) is 6.76. The first-order valence-corrected chi connectivity index (χ1v) is 9.60. The van der Waals surface area contributed by atoms with E-state index in [0.717, 1.165) is 23.5 Å². The Labute approximate surface area is 151 Å². The number of amides is 3. The number of nitrogens with zero attached hydrogens (tertiary/aromatic N) is 2. The predicted octanol–water partition coefficient (Wildman–Crippen LogP) is 1.94. The summed E-state index contributed by atoms with van der Waals surface area (Å²) in [6, 6.07) is 5.26. The Morgan fingerprint density at radius 1 is 1.08 bits per heavy atom. The molecule has 3 aliphatic heterocycles. The molecule has 0 radical (unpaired) electrons. The van der Waals surface area contributed by atoms with E-state index >= 15 is 0 Å². The van der Waals surface area contributed by atoms with E-state index in [0.29, 0.717) is 18.5 Å². The zero-order chi connectivity index (χ0) is 17.4. The van der Waals surface area contributed by atoms with Crippen molar-refractivity contribution in [2.45, 2.75) is 49.6 Å². The highest BCUT2D eigenvalue weighted by atomic mass is 32.2. The van der Waals surface area contributed by atoms with Gasteiger partial charge in [0.15, 0.2) is 0 Å². The quantitative estimate of drug-likeness (QED) is 0.660. The molecule has 3 heterocycles. The van der Waals surface area contributed by atoms with Gasteiger partial charge in [-0.15, -0.1) is 0 Å². The first kappa shape index (κ1) is 16.6. The molecular formula is C18H21N3O3S. The van der Waals surface area contributed by atoms with Crippen molar-refractivity contribution in [2.75, 3.05) is 13.1 Å². The van der Waals surface area contributed by atoms with Crippen molar-refractivity contribution in [2.24, 2.45) is 0 Å². The van der Waals surface area contributed by atoms with E-state index in [1.165, 1.54) is 19.3 Å². The molecule has 1 aromatic rings. The van der Waals surface area contributed by atoms with Crippen LogP contribution in [0.3, 0.4) is 0 Å². The van der Waals surface area contributed by atoms with Gasteiger partial charge >= 0.3 is 0 Å². The number of hydrogen-bond acceptors (Lipinski definition) is 5. The fraction of sp³-hybridized carbons (Fsp3) is 0.500. The maximum absolute atomic E-state index is 12.8. The number of carbonyl (C=O) groups excluding carboxylic acids is 3. The van der Waals surface area contributed by atoms with Gasteiger partial charge in [-0.3, -0.25) is 19.7 Å². The minimum Gasteiger partial charge on any atom is -0.322 e. The molecule has 3 amide bonds. The molecule has 1 atom stereocenters. The normalized spacial score (nSPS) is 24.4. The molecule has 2 saturated heterocycles. The minimum atomic E-state index is -0.551. The summed E-state index contributed by atoms with van der Waals surface area (Å²) in [5.41, 5.74) is 1.69. The van der Waals surface area contributed by atoms with E-state index in [1.807, 2.05) is 12.1 Å². The van der Waals surface area contributed by atoms with Gasteiger partial charge in [0.1, 0.15) is 6.04 Å². The third-order valence-electron chi connectivity index (χ3n) is 5.08. The Balaban J connectivity index is 1.55. The summed E-state index contributed by atoms with van der Waals surface area (Å²) in [6.07, 6.45) is 4.39. The Morgan fingerprint density at radius 2 is 1.88 bits per heavy atom. The molecule has 7 heteroatoms.